The number of nitrogens with zero attached hydrogens (tertiary/aromatic N) is 1. The molecule has 0 radical (unpaired) electrons. The molecule has 0 saturated heterocycles. The molecule has 0 aromatic carbocycles. The van der Waals surface area contributed by atoms with E-state index in [1.54, 1.807) is 0 Å². The van der Waals surface area contributed by atoms with E-state index in [-0.39, 0.29) is 34.1 Å². The largest absolute Gasteiger partial charge is 0.478 e. The number of nitrogens with two attached hydrogens (primary N) is 2. The summed E-state index contributed by atoms with van der Waals surface area (Å²) in [5.41, 5.74) is 13.3. The molecule has 10 atom stereocenters. The number of ether oxygens (including phenoxy) is 1. The minimum atomic E-state index is -0.940. The first-order valence-electron chi connectivity index (χ1n) is 17.9. The molecule has 0 heterocycles. The van der Waals surface area contributed by atoms with Gasteiger partial charge < -0.3 is 31.7 Å². The summed E-state index contributed by atoms with van der Waals surface area (Å²) < 4.78 is 5.96. The number of fused-ring (bicyclic) bond motifs is 5. The summed E-state index contributed by atoms with van der Waals surface area (Å²) in [7, 11) is 0. The monoisotopic (exact) mass is 644 g/mol. The third-order valence-corrected chi connectivity index (χ3v) is 13.3. The first-order valence-corrected chi connectivity index (χ1v) is 17.9. The summed E-state index contributed by atoms with van der Waals surface area (Å²) in [6.45, 7) is 19.8. The van der Waals surface area contributed by atoms with Crippen LogP contribution in [0.1, 0.15) is 99.8 Å². The van der Waals surface area contributed by atoms with Crippen LogP contribution in [-0.2, 0) is 14.3 Å². The van der Waals surface area contributed by atoms with Gasteiger partial charge in [-0.1, -0.05) is 39.3 Å². The van der Waals surface area contributed by atoms with Crippen LogP contribution in [0.2, 0.25) is 0 Å². The van der Waals surface area contributed by atoms with E-state index >= 15 is 0 Å². The average Bonchev–Trinajstić information content (AvgIpc) is 3.23. The Balaban J connectivity index is 1.62. The fourth-order valence-electron chi connectivity index (χ4n) is 11.2. The Morgan fingerprint density at radius 1 is 1.04 bits per heavy atom. The maximum Gasteiger partial charge on any atom is 0.331 e. The van der Waals surface area contributed by atoms with Gasteiger partial charge in [0.15, 0.2) is 0 Å². The van der Waals surface area contributed by atoms with Gasteiger partial charge in [0, 0.05) is 57.8 Å². The molecule has 4 rings (SSSR count). The highest BCUT2D eigenvalue weighted by molar-refractivity contribution is 5.88. The maximum absolute atomic E-state index is 12.8. The molecule has 0 amide bonds. The van der Waals surface area contributed by atoms with Crippen molar-refractivity contribution in [2.24, 2.45) is 51.4 Å². The van der Waals surface area contributed by atoms with Crippen LogP contribution < -0.4 is 16.8 Å². The van der Waals surface area contributed by atoms with Crippen molar-refractivity contribution in [2.75, 3.05) is 39.3 Å². The standard InChI is InChI=1S/C37H64N4O5/c1-23(2)9-8-10-26(34(44)45)32-28-21-30(43)33-35(5)13-12-29(40-17-20-41(18-15-38)19-16-39)24(3)27(35)11-14-36(33,6)37(28,7)22-31(32)46-25(4)42/h9,24,27-31,33,40,43H,8,10-22,38-39H2,1-7H3,(H,44,45)/t24-,27?,28?,29?,30+,31-,33?,35-,36-,37-/m0/s1. The van der Waals surface area contributed by atoms with Crippen LogP contribution in [0.4, 0.5) is 0 Å². The number of carboxylic acid groups (broad SMARTS) is 1. The number of carbonyl (C=O) groups excluding carboxylic acids is 1. The number of rotatable bonds is 13. The Kier molecular flexibility index (Phi) is 11.9. The van der Waals surface area contributed by atoms with Crippen molar-refractivity contribution in [2.45, 2.75) is 118 Å². The molecular weight excluding hydrogens is 580 g/mol. The zero-order valence-electron chi connectivity index (χ0n) is 29.7. The Labute approximate surface area is 277 Å². The van der Waals surface area contributed by atoms with E-state index < -0.39 is 18.2 Å². The lowest BCUT2D eigenvalue weighted by atomic mass is 9.36. The number of allylic oxidation sites excluding steroid dienone is 2. The molecule has 0 aromatic heterocycles. The van der Waals surface area contributed by atoms with Crippen LogP contribution >= 0.6 is 0 Å². The summed E-state index contributed by atoms with van der Waals surface area (Å²) in [4.78, 5) is 27.5. The number of nitrogens with one attached hydrogen (secondary N) is 1. The Morgan fingerprint density at radius 2 is 1.72 bits per heavy atom. The van der Waals surface area contributed by atoms with Gasteiger partial charge in [0.25, 0.3) is 0 Å². The van der Waals surface area contributed by atoms with Gasteiger partial charge in [-0.15, -0.1) is 0 Å². The topological polar surface area (TPSA) is 151 Å². The quantitative estimate of drug-likeness (QED) is 0.111. The van der Waals surface area contributed by atoms with Crippen molar-refractivity contribution in [3.05, 3.63) is 22.8 Å². The fourth-order valence-corrected chi connectivity index (χ4v) is 11.2. The number of aliphatic hydroxyl groups excluding tert-OH is 1. The van der Waals surface area contributed by atoms with E-state index in [1.807, 2.05) is 13.8 Å². The summed E-state index contributed by atoms with van der Waals surface area (Å²) in [5.74, 6) is -0.429. The van der Waals surface area contributed by atoms with Crippen LogP contribution in [0.5, 0.6) is 0 Å². The first kappa shape index (κ1) is 37.0. The SMILES string of the molecule is CC(=O)O[C@H]1C[C@@]2(C)C(C[C@@H](O)C3[C@@]4(C)CCC(NCCN(CCN)CCN)[C@@H](C)C4CC[C@@]32C)C1=C(CCC=C(C)C)C(=O)O. The molecule has 46 heavy (non-hydrogen) atoms. The molecular formula is C37H64N4O5. The van der Waals surface area contributed by atoms with Crippen LogP contribution in [0.3, 0.4) is 0 Å². The summed E-state index contributed by atoms with van der Waals surface area (Å²) in [5, 5.41) is 26.6. The smallest absolute Gasteiger partial charge is 0.331 e. The van der Waals surface area contributed by atoms with Crippen molar-refractivity contribution in [1.82, 2.24) is 10.2 Å². The van der Waals surface area contributed by atoms with Gasteiger partial charge in [-0.3, -0.25) is 9.69 Å². The van der Waals surface area contributed by atoms with E-state index in [2.05, 4.69) is 44.0 Å². The zero-order valence-corrected chi connectivity index (χ0v) is 29.7. The van der Waals surface area contributed by atoms with Crippen molar-refractivity contribution in [1.29, 1.82) is 0 Å². The Hall–Kier alpha value is -1.78. The number of hydrogen-bond donors (Lipinski definition) is 5. The molecule has 0 bridgehead atoms. The van der Waals surface area contributed by atoms with Crippen LogP contribution in [0.15, 0.2) is 22.8 Å². The van der Waals surface area contributed by atoms with Gasteiger partial charge in [0.1, 0.15) is 6.10 Å². The van der Waals surface area contributed by atoms with E-state index in [0.717, 1.165) is 63.0 Å². The van der Waals surface area contributed by atoms with Crippen LogP contribution in [0.25, 0.3) is 0 Å². The van der Waals surface area contributed by atoms with Gasteiger partial charge in [-0.2, -0.15) is 0 Å². The van der Waals surface area contributed by atoms with E-state index in [0.29, 0.717) is 62.2 Å². The molecule has 0 aromatic rings. The van der Waals surface area contributed by atoms with Gasteiger partial charge in [0.2, 0.25) is 0 Å². The highest BCUT2D eigenvalue weighted by atomic mass is 16.5. The second-order valence-electron chi connectivity index (χ2n) is 16.1. The number of carboxylic acids is 1. The van der Waals surface area contributed by atoms with Crippen LogP contribution in [-0.4, -0.2) is 84.6 Å². The molecule has 262 valence electrons. The predicted octanol–water partition coefficient (Wildman–Crippen LogP) is 4.48. The number of esters is 1. The van der Waals surface area contributed by atoms with Crippen molar-refractivity contribution >= 4 is 11.9 Å². The normalized spacial score (nSPS) is 39.7. The first-order chi connectivity index (χ1) is 21.6. The lowest BCUT2D eigenvalue weighted by Crippen LogP contribution is -2.66. The molecule has 4 aliphatic carbocycles. The highest BCUT2D eigenvalue weighted by Crippen LogP contribution is 2.74. The lowest BCUT2D eigenvalue weighted by Gasteiger charge is -2.69. The Morgan fingerprint density at radius 3 is 2.30 bits per heavy atom. The summed E-state index contributed by atoms with van der Waals surface area (Å²) in [6.07, 6.45) is 7.24. The molecule has 0 spiro atoms. The van der Waals surface area contributed by atoms with Gasteiger partial charge in [0.05, 0.1) is 6.10 Å². The number of aliphatic carboxylic acids is 1. The fraction of sp³-hybridized carbons (Fsp3) is 0.838. The summed E-state index contributed by atoms with van der Waals surface area (Å²) >= 11 is 0. The molecule has 9 heteroatoms. The zero-order chi connectivity index (χ0) is 34.0. The minimum Gasteiger partial charge on any atom is -0.478 e. The maximum atomic E-state index is 12.8. The molecule has 9 nitrogen and oxygen atoms in total. The van der Waals surface area contributed by atoms with Crippen LogP contribution in [0, 0.1) is 39.9 Å². The van der Waals surface area contributed by atoms with Gasteiger partial charge in [-0.05, 0) is 111 Å². The number of hydrogen-bond acceptors (Lipinski definition) is 8. The van der Waals surface area contributed by atoms with E-state index in [4.69, 9.17) is 16.2 Å². The second kappa shape index (κ2) is 14.8. The predicted molar refractivity (Wildman–Crippen MR) is 183 cm³/mol. The van der Waals surface area contributed by atoms with Gasteiger partial charge >= 0.3 is 11.9 Å². The molecule has 4 fully saturated rings. The third kappa shape index (κ3) is 6.87. The molecule has 4 aliphatic rings. The third-order valence-electron chi connectivity index (χ3n) is 13.3. The van der Waals surface area contributed by atoms with Gasteiger partial charge in [-0.25, -0.2) is 4.79 Å². The minimum absolute atomic E-state index is 0.0361. The summed E-state index contributed by atoms with van der Waals surface area (Å²) in [6, 6.07) is 0.428. The van der Waals surface area contributed by atoms with Crippen molar-refractivity contribution in [3.8, 4) is 0 Å². The highest BCUT2D eigenvalue weighted by Gasteiger charge is 2.70. The Bertz CT molecular complexity index is 1160. The second-order valence-corrected chi connectivity index (χ2v) is 16.1. The molecule has 7 N–H and O–H groups in total. The number of aliphatic hydroxyl groups is 1. The molecule has 4 unspecified atom stereocenters. The lowest BCUT2D eigenvalue weighted by molar-refractivity contribution is -0.227. The van der Waals surface area contributed by atoms with Crippen molar-refractivity contribution in [3.63, 3.8) is 0 Å². The average molecular weight is 645 g/mol. The number of carbonyl (C=O) groups is 2. The van der Waals surface area contributed by atoms with Crippen molar-refractivity contribution < 1.29 is 24.5 Å². The molecule has 0 aliphatic heterocycles. The van der Waals surface area contributed by atoms with E-state index in [9.17, 15) is 19.8 Å². The van der Waals surface area contributed by atoms with E-state index in [1.165, 1.54) is 6.92 Å². The molecule has 4 saturated carbocycles.